The summed E-state index contributed by atoms with van der Waals surface area (Å²) in [4.78, 5) is 27.9. The summed E-state index contributed by atoms with van der Waals surface area (Å²) in [6.07, 6.45) is 3.81. The normalized spacial score (nSPS) is 12.4. The van der Waals surface area contributed by atoms with Gasteiger partial charge in [-0.2, -0.15) is 0 Å². The van der Waals surface area contributed by atoms with E-state index in [1.165, 1.54) is 6.92 Å². The summed E-state index contributed by atoms with van der Waals surface area (Å²) >= 11 is 1.04. The predicted molar refractivity (Wildman–Crippen MR) is 142 cm³/mol. The minimum atomic E-state index is -1.32. The van der Waals surface area contributed by atoms with Crippen molar-refractivity contribution in [3.63, 3.8) is 0 Å². The Labute approximate surface area is 223 Å². The van der Waals surface area contributed by atoms with Crippen molar-refractivity contribution in [3.8, 4) is 11.3 Å². The van der Waals surface area contributed by atoms with Crippen LogP contribution in [0.3, 0.4) is 0 Å². The van der Waals surface area contributed by atoms with Gasteiger partial charge in [-0.25, -0.2) is 22.9 Å². The molecule has 1 amide bonds. The largest absolute Gasteiger partial charge is 0.478 e. The first-order valence-electron chi connectivity index (χ1n) is 12.2. The van der Waals surface area contributed by atoms with Crippen LogP contribution in [0.25, 0.3) is 17.3 Å². The third kappa shape index (κ3) is 7.08. The van der Waals surface area contributed by atoms with Gasteiger partial charge in [0, 0.05) is 39.8 Å². The van der Waals surface area contributed by atoms with Gasteiger partial charge in [0.1, 0.15) is 17.5 Å². The molecule has 1 heterocycles. The van der Waals surface area contributed by atoms with Crippen molar-refractivity contribution in [1.82, 2.24) is 4.98 Å². The maximum Gasteiger partial charge on any atom is 0.331 e. The van der Waals surface area contributed by atoms with Gasteiger partial charge >= 0.3 is 5.97 Å². The molecule has 0 saturated carbocycles. The molecule has 2 aromatic carbocycles. The van der Waals surface area contributed by atoms with Crippen LogP contribution in [-0.4, -0.2) is 28.6 Å². The number of halogens is 3. The Bertz CT molecular complexity index is 1320. The van der Waals surface area contributed by atoms with Crippen LogP contribution < -0.4 is 5.32 Å². The van der Waals surface area contributed by atoms with E-state index in [4.69, 9.17) is 9.84 Å². The molecule has 6 nitrogen and oxygen atoms in total. The number of carbonyl (C=O) groups is 2. The molecule has 10 heteroatoms. The fourth-order valence-electron chi connectivity index (χ4n) is 3.71. The molecule has 2 N–H and O–H groups in total. The summed E-state index contributed by atoms with van der Waals surface area (Å²) in [6.45, 7) is 5.80. The molecule has 0 radical (unpaired) electrons. The van der Waals surface area contributed by atoms with Crippen LogP contribution in [0.1, 0.15) is 74.0 Å². The lowest BCUT2D eigenvalue weighted by Gasteiger charge is -2.19. The Balaban J connectivity index is 1.81. The summed E-state index contributed by atoms with van der Waals surface area (Å²) in [5, 5.41) is 13.1. The number of amides is 1. The first-order chi connectivity index (χ1) is 18.2. The van der Waals surface area contributed by atoms with E-state index in [-0.39, 0.29) is 27.9 Å². The number of ether oxygens (including phenoxy) is 1. The van der Waals surface area contributed by atoms with Crippen molar-refractivity contribution in [3.05, 3.63) is 75.4 Å². The second-order valence-corrected chi connectivity index (χ2v) is 9.55. The first kappa shape index (κ1) is 29.1. The monoisotopic (exact) mass is 546 g/mol. The van der Waals surface area contributed by atoms with E-state index < -0.39 is 34.9 Å². The lowest BCUT2D eigenvalue weighted by Crippen LogP contribution is -2.13. The molecular formula is C28H29F3N2O4S. The Morgan fingerprint density at radius 1 is 1.16 bits per heavy atom. The molecule has 3 rings (SSSR count). The van der Waals surface area contributed by atoms with Gasteiger partial charge in [0.15, 0.2) is 5.13 Å². The molecule has 1 aromatic heterocycles. The molecule has 0 fully saturated rings. The Hall–Kier alpha value is -3.50. The molecule has 0 spiro atoms. The molecule has 0 aliphatic carbocycles. The second-order valence-electron chi connectivity index (χ2n) is 8.69. The third-order valence-corrected chi connectivity index (χ3v) is 6.54. The van der Waals surface area contributed by atoms with Crippen LogP contribution in [0.4, 0.5) is 18.3 Å². The van der Waals surface area contributed by atoms with Crippen LogP contribution in [0.15, 0.2) is 41.3 Å². The van der Waals surface area contributed by atoms with Crippen molar-refractivity contribution in [2.45, 2.75) is 52.6 Å². The lowest BCUT2D eigenvalue weighted by molar-refractivity contribution is -0.132. The van der Waals surface area contributed by atoms with E-state index in [0.717, 1.165) is 48.8 Å². The Kier molecular flexibility index (Phi) is 10.2. The van der Waals surface area contributed by atoms with Gasteiger partial charge < -0.3 is 9.84 Å². The number of hydrogen-bond acceptors (Lipinski definition) is 5. The highest BCUT2D eigenvalue weighted by atomic mass is 32.1. The van der Waals surface area contributed by atoms with Crippen molar-refractivity contribution < 1.29 is 32.6 Å². The van der Waals surface area contributed by atoms with Gasteiger partial charge in [-0.1, -0.05) is 38.8 Å². The SMILES string of the molecule is CCCCOC(CCC)c1cccc(-c2csc(NC(=O)c3cc(F)c(C=C(C)C(=O)O)c(F)c3)n2)c1F. The molecule has 202 valence electrons. The topological polar surface area (TPSA) is 88.5 Å². The minimum Gasteiger partial charge on any atom is -0.478 e. The van der Waals surface area contributed by atoms with Crippen LogP contribution >= 0.6 is 11.3 Å². The van der Waals surface area contributed by atoms with E-state index in [1.54, 1.807) is 23.6 Å². The van der Waals surface area contributed by atoms with Crippen molar-refractivity contribution in [2.75, 3.05) is 11.9 Å². The average Bonchev–Trinajstić information content (AvgIpc) is 3.33. The van der Waals surface area contributed by atoms with Crippen molar-refractivity contribution >= 4 is 34.4 Å². The molecule has 0 aliphatic heterocycles. The molecule has 1 atom stereocenters. The number of aliphatic carboxylic acids is 1. The smallest absolute Gasteiger partial charge is 0.331 e. The molecule has 0 saturated heterocycles. The number of carbonyl (C=O) groups excluding carboxylic acids is 1. The van der Waals surface area contributed by atoms with Gasteiger partial charge in [0.05, 0.1) is 11.8 Å². The van der Waals surface area contributed by atoms with Gasteiger partial charge in [-0.3, -0.25) is 10.1 Å². The standard InChI is InChI=1S/C28H29F3N2O4S/c1-4-6-11-37-24(8-5-2)19-10-7-9-18(25(19)31)23-15-38-28(32-23)33-26(34)17-13-21(29)20(22(30)14-17)12-16(3)27(35)36/h7,9-10,12-15,24H,4-6,8,11H2,1-3H3,(H,35,36)(H,32,33,34). The zero-order valence-corrected chi connectivity index (χ0v) is 22.1. The number of rotatable bonds is 12. The van der Waals surface area contributed by atoms with Gasteiger partial charge in [-0.15, -0.1) is 11.3 Å². The number of nitrogens with zero attached hydrogens (tertiary/aromatic N) is 1. The number of hydrogen-bond donors (Lipinski definition) is 2. The van der Waals surface area contributed by atoms with Gasteiger partial charge in [0.2, 0.25) is 0 Å². The fourth-order valence-corrected chi connectivity index (χ4v) is 4.42. The Morgan fingerprint density at radius 3 is 2.50 bits per heavy atom. The van der Waals surface area contributed by atoms with Crippen LogP contribution in [0.2, 0.25) is 0 Å². The van der Waals surface area contributed by atoms with Crippen LogP contribution in [-0.2, 0) is 9.53 Å². The summed E-state index contributed by atoms with van der Waals surface area (Å²) in [5.41, 5.74) is -0.149. The number of anilines is 1. The quantitative estimate of drug-likeness (QED) is 0.180. The number of carboxylic acids is 1. The number of benzene rings is 2. The molecule has 3 aromatic rings. The van der Waals surface area contributed by atoms with Crippen LogP contribution in [0.5, 0.6) is 0 Å². The molecule has 38 heavy (non-hydrogen) atoms. The maximum atomic E-state index is 15.5. The third-order valence-electron chi connectivity index (χ3n) is 5.78. The fraction of sp³-hybridized carbons (Fsp3) is 0.321. The predicted octanol–water partition coefficient (Wildman–Crippen LogP) is 7.63. The summed E-state index contributed by atoms with van der Waals surface area (Å²) in [6, 6.07) is 6.63. The van der Waals surface area contributed by atoms with E-state index >= 15 is 4.39 Å². The van der Waals surface area contributed by atoms with E-state index in [0.29, 0.717) is 24.3 Å². The zero-order valence-electron chi connectivity index (χ0n) is 21.3. The molecule has 0 bridgehead atoms. The van der Waals surface area contributed by atoms with Crippen LogP contribution in [0, 0.1) is 17.5 Å². The summed E-state index contributed by atoms with van der Waals surface area (Å²) in [5.74, 6) is -4.77. The Morgan fingerprint density at radius 2 is 1.87 bits per heavy atom. The average molecular weight is 547 g/mol. The lowest BCUT2D eigenvalue weighted by atomic mass is 10.0. The van der Waals surface area contributed by atoms with Crippen molar-refractivity contribution in [2.24, 2.45) is 0 Å². The van der Waals surface area contributed by atoms with Gasteiger partial charge in [0.25, 0.3) is 5.91 Å². The van der Waals surface area contributed by atoms with Gasteiger partial charge in [-0.05, 0) is 44.0 Å². The molecule has 1 unspecified atom stereocenters. The van der Waals surface area contributed by atoms with E-state index in [1.807, 2.05) is 6.92 Å². The maximum absolute atomic E-state index is 15.5. The zero-order chi connectivity index (χ0) is 27.8. The highest BCUT2D eigenvalue weighted by molar-refractivity contribution is 7.14. The number of carboxylic acid groups (broad SMARTS) is 1. The summed E-state index contributed by atoms with van der Waals surface area (Å²) < 4.78 is 50.3. The summed E-state index contributed by atoms with van der Waals surface area (Å²) in [7, 11) is 0. The first-order valence-corrected chi connectivity index (χ1v) is 13.1. The van der Waals surface area contributed by atoms with Crippen molar-refractivity contribution in [1.29, 1.82) is 0 Å². The van der Waals surface area contributed by atoms with E-state index in [2.05, 4.69) is 17.2 Å². The highest BCUT2D eigenvalue weighted by Crippen LogP contribution is 2.33. The molecular weight excluding hydrogens is 517 g/mol. The minimum absolute atomic E-state index is 0.116. The van der Waals surface area contributed by atoms with E-state index in [9.17, 15) is 18.4 Å². The number of unbranched alkanes of at least 4 members (excludes halogenated alkanes) is 1. The molecule has 0 aliphatic rings. The number of nitrogens with one attached hydrogen (secondary N) is 1. The highest BCUT2D eigenvalue weighted by Gasteiger charge is 2.21. The number of thiazole rings is 1. The second kappa shape index (κ2) is 13.3. The number of aromatic nitrogens is 1.